The summed E-state index contributed by atoms with van der Waals surface area (Å²) in [5, 5.41) is 15.9. The molecule has 1 aliphatic heterocycles. The highest BCUT2D eigenvalue weighted by Crippen LogP contribution is 2.22. The summed E-state index contributed by atoms with van der Waals surface area (Å²) in [6.45, 7) is 4.81. The molecule has 0 aliphatic carbocycles. The second kappa shape index (κ2) is 9.52. The number of aldehydes is 1. The Morgan fingerprint density at radius 3 is 2.75 bits per heavy atom. The zero-order valence-corrected chi connectivity index (χ0v) is 16.3. The number of piperidine rings is 1. The average Bonchev–Trinajstić information content (AvgIpc) is 2.51. The Balaban J connectivity index is 2.60. The van der Waals surface area contributed by atoms with E-state index in [0.29, 0.717) is 13.1 Å². The molecule has 0 saturated carbocycles. The van der Waals surface area contributed by atoms with Crippen LogP contribution in [0.15, 0.2) is 0 Å². The molecule has 1 saturated heterocycles. The van der Waals surface area contributed by atoms with Gasteiger partial charge in [-0.15, -0.1) is 0 Å². The van der Waals surface area contributed by atoms with Crippen LogP contribution in [0.1, 0.15) is 39.5 Å². The fourth-order valence-electron chi connectivity index (χ4n) is 2.71. The van der Waals surface area contributed by atoms with Crippen LogP contribution in [0.5, 0.6) is 0 Å². The summed E-state index contributed by atoms with van der Waals surface area (Å²) in [5.41, 5.74) is 5.12. The number of rotatable bonds is 8. The lowest BCUT2D eigenvalue weighted by atomic mass is 10.00. The Hall–Kier alpha value is -0.940. The summed E-state index contributed by atoms with van der Waals surface area (Å²) >= 11 is 1.75. The van der Waals surface area contributed by atoms with Crippen LogP contribution in [0.2, 0.25) is 0 Å². The average molecular weight is 454 g/mol. The van der Waals surface area contributed by atoms with E-state index in [0.717, 1.165) is 25.5 Å². The van der Waals surface area contributed by atoms with Crippen molar-refractivity contribution in [3.63, 3.8) is 0 Å². The summed E-state index contributed by atoms with van der Waals surface area (Å²) in [5.74, 6) is -0.179. The molecule has 1 fully saturated rings. The number of aliphatic hydroxyl groups is 1. The fraction of sp³-hybridized carbons (Fsp3) is 0.800. The first-order valence-corrected chi connectivity index (χ1v) is 9.24. The van der Waals surface area contributed by atoms with Gasteiger partial charge in [-0.25, -0.2) is 4.79 Å². The molecule has 4 atom stereocenters. The third-order valence-electron chi connectivity index (χ3n) is 4.30. The first-order valence-electron chi connectivity index (χ1n) is 8.16. The maximum absolute atomic E-state index is 12.4. The van der Waals surface area contributed by atoms with E-state index in [1.54, 1.807) is 27.5 Å². The quantitative estimate of drug-likeness (QED) is 0.138. The maximum Gasteiger partial charge on any atom is 0.312 e. The zero-order valence-electron chi connectivity index (χ0n) is 14.1. The van der Waals surface area contributed by atoms with Crippen molar-refractivity contribution in [2.24, 2.45) is 11.7 Å². The molecule has 0 bridgehead atoms. The zero-order chi connectivity index (χ0) is 18.3. The van der Waals surface area contributed by atoms with Gasteiger partial charge in [0, 0.05) is 19.1 Å². The second-order valence-electron chi connectivity index (χ2n) is 6.32. The summed E-state index contributed by atoms with van der Waals surface area (Å²) in [6.07, 6.45) is 2.91. The number of nitrogens with two attached hydrogens (primary N) is 1. The van der Waals surface area contributed by atoms with Gasteiger partial charge < -0.3 is 25.9 Å². The molecule has 3 amide bonds. The number of amides is 3. The van der Waals surface area contributed by atoms with Crippen molar-refractivity contribution in [1.29, 1.82) is 0 Å². The summed E-state index contributed by atoms with van der Waals surface area (Å²) in [7, 11) is 0. The predicted octanol–water partition coefficient (Wildman–Crippen LogP) is 0.320. The van der Waals surface area contributed by atoms with E-state index in [1.807, 2.05) is 13.8 Å². The molecule has 0 radical (unpaired) electrons. The monoisotopic (exact) mass is 454 g/mol. The van der Waals surface area contributed by atoms with E-state index in [2.05, 4.69) is 10.6 Å². The van der Waals surface area contributed by atoms with Crippen molar-refractivity contribution in [3.8, 4) is 0 Å². The van der Waals surface area contributed by atoms with Crippen molar-refractivity contribution in [2.45, 2.75) is 55.3 Å². The lowest BCUT2D eigenvalue weighted by Crippen LogP contribution is -2.54. The lowest BCUT2D eigenvalue weighted by molar-refractivity contribution is -0.136. The van der Waals surface area contributed by atoms with E-state index >= 15 is 0 Å². The molecular weight excluding hydrogens is 427 g/mol. The van der Waals surface area contributed by atoms with Crippen LogP contribution in [0.4, 0.5) is 4.79 Å². The van der Waals surface area contributed by atoms with E-state index in [9.17, 15) is 19.5 Å². The summed E-state index contributed by atoms with van der Waals surface area (Å²) < 4.78 is -1.51. The number of alkyl halides is 1. The summed E-state index contributed by atoms with van der Waals surface area (Å²) in [4.78, 5) is 36.2. The molecule has 1 aliphatic rings. The molecule has 9 heteroatoms. The minimum atomic E-state index is -1.51. The number of primary amides is 1. The smallest absolute Gasteiger partial charge is 0.312 e. The van der Waals surface area contributed by atoms with Gasteiger partial charge in [0.1, 0.15) is 6.29 Å². The van der Waals surface area contributed by atoms with E-state index in [1.165, 1.54) is 0 Å². The van der Waals surface area contributed by atoms with Gasteiger partial charge in [-0.05, 0) is 41.4 Å². The van der Waals surface area contributed by atoms with Gasteiger partial charge in [0.2, 0.25) is 5.91 Å². The number of hydrogen-bond acceptors (Lipinski definition) is 5. The van der Waals surface area contributed by atoms with Crippen molar-refractivity contribution in [3.05, 3.63) is 0 Å². The van der Waals surface area contributed by atoms with Gasteiger partial charge >= 0.3 is 6.03 Å². The molecule has 0 aromatic heterocycles. The normalized spacial score (nSPS) is 23.0. The highest BCUT2D eigenvalue weighted by Gasteiger charge is 2.34. The van der Waals surface area contributed by atoms with Crippen molar-refractivity contribution in [2.75, 3.05) is 13.1 Å². The van der Waals surface area contributed by atoms with Gasteiger partial charge in [0.05, 0.1) is 12.5 Å². The standard InChI is InChI=1S/C15H27IN4O4/c1-3-10(2)12(9-21)19-15(16,24)7-13(22)20-6-4-5-11(8-20)18-14(17)23/h9-12,19,24H,3-8H2,1-2H3,(H3,17,18,23)/t10-,11+,12+,15?/m0/s1. The Bertz CT molecular complexity index is 461. The first kappa shape index (κ1) is 21.1. The number of likely N-dealkylation sites (tertiary alicyclic amines) is 1. The molecule has 1 heterocycles. The van der Waals surface area contributed by atoms with Crippen LogP contribution in [-0.4, -0.2) is 57.1 Å². The number of hydrogen-bond donors (Lipinski definition) is 4. The molecule has 0 spiro atoms. The fourth-order valence-corrected chi connectivity index (χ4v) is 3.39. The Labute approximate surface area is 156 Å². The van der Waals surface area contributed by atoms with Gasteiger partial charge in [-0.3, -0.25) is 10.1 Å². The number of carbonyl (C=O) groups is 3. The van der Waals surface area contributed by atoms with Crippen LogP contribution in [0, 0.1) is 5.92 Å². The Morgan fingerprint density at radius 1 is 1.54 bits per heavy atom. The van der Waals surface area contributed by atoms with Gasteiger partial charge in [0.15, 0.2) is 3.73 Å². The van der Waals surface area contributed by atoms with E-state index in [4.69, 9.17) is 5.73 Å². The Kier molecular flexibility index (Phi) is 8.37. The van der Waals surface area contributed by atoms with Gasteiger partial charge in [0.25, 0.3) is 0 Å². The second-order valence-corrected chi connectivity index (χ2v) is 8.10. The lowest BCUT2D eigenvalue weighted by Gasteiger charge is -2.35. The molecule has 24 heavy (non-hydrogen) atoms. The van der Waals surface area contributed by atoms with Crippen LogP contribution >= 0.6 is 22.6 Å². The van der Waals surface area contributed by atoms with Crippen molar-refractivity contribution in [1.82, 2.24) is 15.5 Å². The highest BCUT2D eigenvalue weighted by atomic mass is 127. The van der Waals surface area contributed by atoms with Crippen LogP contribution in [-0.2, 0) is 9.59 Å². The van der Waals surface area contributed by atoms with Crippen LogP contribution < -0.4 is 16.4 Å². The molecule has 138 valence electrons. The highest BCUT2D eigenvalue weighted by molar-refractivity contribution is 14.1. The predicted molar refractivity (Wildman–Crippen MR) is 98.4 cm³/mol. The molecule has 0 aromatic carbocycles. The molecule has 8 nitrogen and oxygen atoms in total. The van der Waals surface area contributed by atoms with Crippen molar-refractivity contribution >= 4 is 40.8 Å². The van der Waals surface area contributed by atoms with Crippen LogP contribution in [0.3, 0.4) is 0 Å². The maximum atomic E-state index is 12.4. The first-order chi connectivity index (χ1) is 11.2. The van der Waals surface area contributed by atoms with Gasteiger partial charge in [-0.1, -0.05) is 20.3 Å². The van der Waals surface area contributed by atoms with E-state index in [-0.39, 0.29) is 24.3 Å². The third kappa shape index (κ3) is 6.89. The number of nitrogens with one attached hydrogen (secondary N) is 2. The molecule has 1 unspecified atom stereocenters. The van der Waals surface area contributed by atoms with E-state index < -0.39 is 15.8 Å². The van der Waals surface area contributed by atoms with Crippen molar-refractivity contribution < 1.29 is 19.5 Å². The number of carbonyl (C=O) groups excluding carboxylic acids is 3. The molecule has 5 N–H and O–H groups in total. The largest absolute Gasteiger partial charge is 0.366 e. The number of halogens is 1. The third-order valence-corrected chi connectivity index (χ3v) is 4.99. The SMILES string of the molecule is CC[C@H](C)[C@@H](C=O)NC(O)(I)CC(=O)N1CCC[C@@H](NC(N)=O)C1. The molecule has 1 rings (SSSR count). The molecule has 0 aromatic rings. The Morgan fingerprint density at radius 2 is 2.21 bits per heavy atom. The summed E-state index contributed by atoms with van der Waals surface area (Å²) in [6, 6.07) is -1.29. The molecular formula is C15H27IN4O4. The minimum absolute atomic E-state index is 0.0537. The van der Waals surface area contributed by atoms with Gasteiger partial charge in [-0.2, -0.15) is 0 Å². The topological polar surface area (TPSA) is 125 Å². The minimum Gasteiger partial charge on any atom is -0.366 e. The van der Waals surface area contributed by atoms with Crippen LogP contribution in [0.25, 0.3) is 0 Å². The number of nitrogens with zero attached hydrogens (tertiary/aromatic N) is 1. The number of urea groups is 1.